The van der Waals surface area contributed by atoms with Crippen LogP contribution in [0.15, 0.2) is 40.9 Å². The molecule has 0 heterocycles. The lowest BCUT2D eigenvalue weighted by Gasteiger charge is -2.18. The van der Waals surface area contributed by atoms with Crippen LogP contribution >= 0.6 is 27.5 Å². The third-order valence-corrected chi connectivity index (χ3v) is 5.13. The van der Waals surface area contributed by atoms with Crippen molar-refractivity contribution in [3.63, 3.8) is 0 Å². The van der Waals surface area contributed by atoms with Crippen LogP contribution in [0.2, 0.25) is 5.02 Å². The smallest absolute Gasteiger partial charge is 0.368 e. The fraction of sp³-hybridized carbons (Fsp3) is 0.263. The summed E-state index contributed by atoms with van der Waals surface area (Å²) in [5, 5.41) is 2.58. The average molecular weight is 532 g/mol. The van der Waals surface area contributed by atoms with Gasteiger partial charge in [-0.15, -0.1) is 0 Å². The molecule has 168 valence electrons. The molecule has 12 heteroatoms. The Kier molecular flexibility index (Phi) is 7.64. The SMILES string of the molecule is NC(=O)[C@H](Cc1cc(Cl)ccc1Br)NC(=O)Cc1cc(C(F)(F)F)cc(C(F)(F)F)c1. The van der Waals surface area contributed by atoms with Gasteiger partial charge in [-0.05, 0) is 47.5 Å². The number of hydrogen-bond donors (Lipinski definition) is 2. The van der Waals surface area contributed by atoms with Crippen LogP contribution in [0.25, 0.3) is 0 Å². The van der Waals surface area contributed by atoms with Crippen LogP contribution in [-0.4, -0.2) is 17.9 Å². The number of nitrogens with one attached hydrogen (secondary N) is 1. The summed E-state index contributed by atoms with van der Waals surface area (Å²) in [7, 11) is 0. The highest BCUT2D eigenvalue weighted by Crippen LogP contribution is 2.36. The highest BCUT2D eigenvalue weighted by Gasteiger charge is 2.37. The van der Waals surface area contributed by atoms with Crippen molar-refractivity contribution in [1.82, 2.24) is 5.32 Å². The standard InChI is InChI=1S/C19H14BrClF6N2O2/c20-14-2-1-13(21)6-10(14)7-15(17(28)31)29-16(30)5-9-3-11(18(22,23)24)8-12(4-9)19(25,26)27/h1-4,6,8,15H,5,7H2,(H2,28,31)(H,29,30)/t15-/m0/s1. The van der Waals surface area contributed by atoms with E-state index < -0.39 is 53.3 Å². The number of hydrogen-bond acceptors (Lipinski definition) is 2. The molecule has 0 radical (unpaired) electrons. The highest BCUT2D eigenvalue weighted by molar-refractivity contribution is 9.10. The number of halogens is 8. The largest absolute Gasteiger partial charge is 0.416 e. The molecule has 0 saturated carbocycles. The molecule has 0 fully saturated rings. The number of carbonyl (C=O) groups excluding carboxylic acids is 2. The van der Waals surface area contributed by atoms with Gasteiger partial charge < -0.3 is 11.1 Å². The zero-order valence-electron chi connectivity index (χ0n) is 15.4. The van der Waals surface area contributed by atoms with E-state index in [9.17, 15) is 35.9 Å². The zero-order chi connectivity index (χ0) is 23.6. The van der Waals surface area contributed by atoms with E-state index in [-0.39, 0.29) is 12.5 Å². The van der Waals surface area contributed by atoms with Crippen LogP contribution < -0.4 is 11.1 Å². The van der Waals surface area contributed by atoms with Crippen molar-refractivity contribution in [2.45, 2.75) is 31.2 Å². The summed E-state index contributed by atoms with van der Waals surface area (Å²) in [5.74, 6) is -1.92. The number of nitrogens with two attached hydrogens (primary N) is 1. The number of benzene rings is 2. The minimum Gasteiger partial charge on any atom is -0.368 e. The summed E-state index contributed by atoms with van der Waals surface area (Å²) >= 11 is 9.13. The molecule has 31 heavy (non-hydrogen) atoms. The Labute approximate surface area is 185 Å². The minimum atomic E-state index is -5.04. The first-order valence-electron chi connectivity index (χ1n) is 8.48. The first-order chi connectivity index (χ1) is 14.2. The number of amides is 2. The average Bonchev–Trinajstić information content (AvgIpc) is 2.62. The first kappa shape index (κ1) is 25.0. The van der Waals surface area contributed by atoms with Gasteiger partial charge in [-0.3, -0.25) is 9.59 Å². The molecule has 3 N–H and O–H groups in total. The molecular weight excluding hydrogens is 518 g/mol. The third kappa shape index (κ3) is 7.13. The van der Waals surface area contributed by atoms with E-state index in [1.54, 1.807) is 12.1 Å². The lowest BCUT2D eigenvalue weighted by Crippen LogP contribution is -2.46. The number of carbonyl (C=O) groups is 2. The van der Waals surface area contributed by atoms with E-state index in [1.807, 2.05) is 0 Å². The van der Waals surface area contributed by atoms with E-state index in [4.69, 9.17) is 17.3 Å². The maximum absolute atomic E-state index is 13.0. The molecule has 0 bridgehead atoms. The van der Waals surface area contributed by atoms with E-state index in [0.29, 0.717) is 27.2 Å². The third-order valence-electron chi connectivity index (χ3n) is 4.12. The maximum Gasteiger partial charge on any atom is 0.416 e. The molecule has 2 amide bonds. The molecular formula is C19H14BrClF6N2O2. The van der Waals surface area contributed by atoms with Crippen LogP contribution in [0.3, 0.4) is 0 Å². The second kappa shape index (κ2) is 9.47. The van der Waals surface area contributed by atoms with Crippen molar-refractivity contribution in [2.75, 3.05) is 0 Å². The van der Waals surface area contributed by atoms with Gasteiger partial charge in [0.2, 0.25) is 11.8 Å². The van der Waals surface area contributed by atoms with Gasteiger partial charge in [-0.1, -0.05) is 27.5 Å². The Balaban J connectivity index is 2.24. The highest BCUT2D eigenvalue weighted by atomic mass is 79.9. The lowest BCUT2D eigenvalue weighted by molar-refractivity contribution is -0.143. The summed E-state index contributed by atoms with van der Waals surface area (Å²) in [6, 6.07) is 4.26. The predicted molar refractivity (Wildman–Crippen MR) is 104 cm³/mol. The second-order valence-electron chi connectivity index (χ2n) is 6.55. The summed E-state index contributed by atoms with van der Waals surface area (Å²) in [4.78, 5) is 24.0. The van der Waals surface area contributed by atoms with Crippen LogP contribution in [0, 0.1) is 0 Å². The molecule has 2 aromatic carbocycles. The van der Waals surface area contributed by atoms with Gasteiger partial charge in [-0.25, -0.2) is 0 Å². The Bertz CT molecular complexity index is 962. The number of alkyl halides is 6. The minimum absolute atomic E-state index is 0.0374. The first-order valence-corrected chi connectivity index (χ1v) is 9.65. The molecule has 0 spiro atoms. The molecule has 2 rings (SSSR count). The predicted octanol–water partition coefficient (Wildman–Crippen LogP) is 4.90. The molecule has 0 unspecified atom stereocenters. The van der Waals surface area contributed by atoms with Crippen LogP contribution in [0.4, 0.5) is 26.3 Å². The summed E-state index contributed by atoms with van der Waals surface area (Å²) < 4.78 is 78.3. The van der Waals surface area contributed by atoms with Gasteiger partial charge in [0.25, 0.3) is 0 Å². The van der Waals surface area contributed by atoms with Crippen LogP contribution in [0.5, 0.6) is 0 Å². The van der Waals surface area contributed by atoms with Gasteiger partial charge in [0.05, 0.1) is 17.5 Å². The monoisotopic (exact) mass is 530 g/mol. The molecule has 4 nitrogen and oxygen atoms in total. The van der Waals surface area contributed by atoms with Crippen molar-refractivity contribution in [3.8, 4) is 0 Å². The van der Waals surface area contributed by atoms with Gasteiger partial charge in [0.1, 0.15) is 6.04 Å². The van der Waals surface area contributed by atoms with Crippen LogP contribution in [0.1, 0.15) is 22.3 Å². The van der Waals surface area contributed by atoms with Crippen molar-refractivity contribution in [2.24, 2.45) is 5.73 Å². The molecule has 0 aliphatic rings. The Morgan fingerprint density at radius 2 is 1.55 bits per heavy atom. The Morgan fingerprint density at radius 3 is 2.03 bits per heavy atom. The zero-order valence-corrected chi connectivity index (χ0v) is 17.7. The maximum atomic E-state index is 13.0. The van der Waals surface area contributed by atoms with E-state index in [0.717, 1.165) is 0 Å². The molecule has 2 aromatic rings. The lowest BCUT2D eigenvalue weighted by atomic mass is 10.0. The summed E-state index contributed by atoms with van der Waals surface area (Å²) in [6.07, 6.45) is -11.0. The van der Waals surface area contributed by atoms with Crippen molar-refractivity contribution in [1.29, 1.82) is 0 Å². The fourth-order valence-corrected chi connectivity index (χ4v) is 3.30. The normalized spacial score (nSPS) is 13.0. The molecule has 0 saturated heterocycles. The van der Waals surface area contributed by atoms with Gasteiger partial charge in [-0.2, -0.15) is 26.3 Å². The topological polar surface area (TPSA) is 72.2 Å². The summed E-state index contributed by atoms with van der Waals surface area (Å²) in [6.45, 7) is 0. The molecule has 1 atom stereocenters. The van der Waals surface area contributed by atoms with Crippen molar-refractivity contribution >= 4 is 39.3 Å². The van der Waals surface area contributed by atoms with Crippen LogP contribution in [-0.2, 0) is 34.8 Å². The van der Waals surface area contributed by atoms with E-state index >= 15 is 0 Å². The van der Waals surface area contributed by atoms with Crippen molar-refractivity contribution < 1.29 is 35.9 Å². The summed E-state index contributed by atoms with van der Waals surface area (Å²) in [5.41, 5.74) is 2.18. The van der Waals surface area contributed by atoms with Crippen molar-refractivity contribution in [3.05, 3.63) is 68.1 Å². The Morgan fingerprint density at radius 1 is 1.00 bits per heavy atom. The molecule has 0 aliphatic carbocycles. The van der Waals surface area contributed by atoms with E-state index in [2.05, 4.69) is 21.2 Å². The second-order valence-corrected chi connectivity index (χ2v) is 7.84. The van der Waals surface area contributed by atoms with E-state index in [1.165, 1.54) is 6.07 Å². The number of primary amides is 1. The van der Waals surface area contributed by atoms with Gasteiger partial charge in [0, 0.05) is 15.9 Å². The molecule has 0 aromatic heterocycles. The van der Waals surface area contributed by atoms with Gasteiger partial charge >= 0.3 is 12.4 Å². The van der Waals surface area contributed by atoms with Gasteiger partial charge in [0.15, 0.2) is 0 Å². The molecule has 0 aliphatic heterocycles. The quantitative estimate of drug-likeness (QED) is 0.521. The fourth-order valence-electron chi connectivity index (χ4n) is 2.69. The Hall–Kier alpha value is -2.27. The number of rotatable bonds is 6.